The number of hydrogen-bond donors (Lipinski definition) is 1. The van der Waals surface area contributed by atoms with Crippen LogP contribution in [0.15, 0.2) is 12.7 Å². The Labute approximate surface area is 99.5 Å². The van der Waals surface area contributed by atoms with E-state index in [1.54, 1.807) is 0 Å². The zero-order valence-corrected chi connectivity index (χ0v) is 10.8. The third-order valence-corrected chi connectivity index (χ3v) is 4.19. The molecule has 1 saturated heterocycles. The van der Waals surface area contributed by atoms with Crippen molar-refractivity contribution >= 4 is 16.7 Å². The summed E-state index contributed by atoms with van der Waals surface area (Å²) in [6, 6.07) is 0. The van der Waals surface area contributed by atoms with Crippen LogP contribution in [0.5, 0.6) is 0 Å². The van der Waals surface area contributed by atoms with E-state index < -0.39 is 10.8 Å². The van der Waals surface area contributed by atoms with E-state index in [0.717, 1.165) is 24.6 Å². The van der Waals surface area contributed by atoms with Gasteiger partial charge in [-0.05, 0) is 19.9 Å². The number of amides is 1. The van der Waals surface area contributed by atoms with Gasteiger partial charge in [0.2, 0.25) is 5.91 Å². The highest BCUT2D eigenvalue weighted by Crippen LogP contribution is 2.15. The quantitative estimate of drug-likeness (QED) is 0.715. The van der Waals surface area contributed by atoms with Crippen molar-refractivity contribution in [2.75, 3.05) is 31.1 Å². The number of nitrogens with zero attached hydrogens (tertiary/aromatic N) is 1. The molecule has 16 heavy (non-hydrogen) atoms. The Balaban J connectivity index is 2.46. The second-order valence-electron chi connectivity index (χ2n) is 4.57. The summed E-state index contributed by atoms with van der Waals surface area (Å²) >= 11 is 0. The van der Waals surface area contributed by atoms with Crippen LogP contribution >= 0.6 is 0 Å². The molecule has 92 valence electrons. The van der Waals surface area contributed by atoms with Crippen molar-refractivity contribution in [3.05, 3.63) is 12.7 Å². The lowest BCUT2D eigenvalue weighted by atomic mass is 10.0. The first-order chi connectivity index (χ1) is 7.45. The van der Waals surface area contributed by atoms with Crippen molar-refractivity contribution < 1.29 is 9.00 Å². The normalized spacial score (nSPS) is 19.4. The Morgan fingerprint density at radius 3 is 2.56 bits per heavy atom. The summed E-state index contributed by atoms with van der Waals surface area (Å²) < 4.78 is 11.2. The topological polar surface area (TPSA) is 49.4 Å². The van der Waals surface area contributed by atoms with Crippen molar-refractivity contribution in [1.29, 1.82) is 0 Å². The van der Waals surface area contributed by atoms with Crippen LogP contribution in [0.4, 0.5) is 0 Å². The van der Waals surface area contributed by atoms with Gasteiger partial charge in [0.15, 0.2) is 0 Å². The van der Waals surface area contributed by atoms with Gasteiger partial charge < -0.3 is 5.32 Å². The lowest BCUT2D eigenvalue weighted by Crippen LogP contribution is -2.55. The monoisotopic (exact) mass is 244 g/mol. The Hall–Kier alpha value is -0.680. The first-order valence-electron chi connectivity index (χ1n) is 5.46. The lowest BCUT2D eigenvalue weighted by molar-refractivity contribution is -0.117. The summed E-state index contributed by atoms with van der Waals surface area (Å²) in [5, 5.41) is 2.81. The average Bonchev–Trinajstić information content (AvgIpc) is 2.26. The number of carbonyl (C=O) groups excluding carboxylic acids is 1. The predicted molar refractivity (Wildman–Crippen MR) is 66.7 cm³/mol. The third kappa shape index (κ3) is 3.72. The summed E-state index contributed by atoms with van der Waals surface area (Å²) in [7, 11) is -0.655. The zero-order valence-electron chi connectivity index (χ0n) is 9.99. The van der Waals surface area contributed by atoms with Crippen molar-refractivity contribution in [2.24, 2.45) is 0 Å². The molecule has 0 aromatic heterocycles. The molecule has 4 nitrogen and oxygen atoms in total. The van der Waals surface area contributed by atoms with Gasteiger partial charge in [0.05, 0.1) is 0 Å². The van der Waals surface area contributed by atoms with Gasteiger partial charge in [-0.25, -0.2) is 0 Å². The van der Waals surface area contributed by atoms with E-state index in [0.29, 0.717) is 6.54 Å². The summed E-state index contributed by atoms with van der Waals surface area (Å²) in [6.45, 7) is 9.86. The number of carbonyl (C=O) groups is 1. The molecule has 0 aromatic rings. The second kappa shape index (κ2) is 5.59. The average molecular weight is 244 g/mol. The van der Waals surface area contributed by atoms with Gasteiger partial charge in [0.1, 0.15) is 0 Å². The van der Waals surface area contributed by atoms with Gasteiger partial charge in [-0.15, -0.1) is 0 Å². The summed E-state index contributed by atoms with van der Waals surface area (Å²) in [5.74, 6) is 1.33. The Morgan fingerprint density at radius 2 is 2.06 bits per heavy atom. The molecule has 5 heteroatoms. The lowest BCUT2D eigenvalue weighted by Gasteiger charge is -2.40. The van der Waals surface area contributed by atoms with Gasteiger partial charge in [0.25, 0.3) is 0 Å². The van der Waals surface area contributed by atoms with Gasteiger partial charge in [0, 0.05) is 47.5 Å². The highest BCUT2D eigenvalue weighted by molar-refractivity contribution is 7.85. The molecule has 1 fully saturated rings. The molecule has 1 N–H and O–H groups in total. The van der Waals surface area contributed by atoms with E-state index in [9.17, 15) is 9.00 Å². The first-order valence-corrected chi connectivity index (χ1v) is 6.95. The largest absolute Gasteiger partial charge is 0.351 e. The minimum atomic E-state index is -0.655. The SMILES string of the molecule is C=CC(=O)NCC(C)(C)N1CCS(=O)CC1. The molecule has 0 radical (unpaired) electrons. The molecule has 0 aromatic carbocycles. The van der Waals surface area contributed by atoms with E-state index >= 15 is 0 Å². The molecule has 0 saturated carbocycles. The fourth-order valence-electron chi connectivity index (χ4n) is 1.73. The van der Waals surface area contributed by atoms with Gasteiger partial charge in [-0.1, -0.05) is 6.58 Å². The smallest absolute Gasteiger partial charge is 0.243 e. The van der Waals surface area contributed by atoms with E-state index in [1.807, 2.05) is 0 Å². The van der Waals surface area contributed by atoms with Crippen molar-refractivity contribution in [2.45, 2.75) is 19.4 Å². The van der Waals surface area contributed by atoms with Gasteiger partial charge in [-0.2, -0.15) is 0 Å². The van der Waals surface area contributed by atoms with Gasteiger partial charge in [-0.3, -0.25) is 13.9 Å². The zero-order chi connectivity index (χ0) is 12.2. The van der Waals surface area contributed by atoms with Crippen molar-refractivity contribution in [3.8, 4) is 0 Å². The molecule has 0 bridgehead atoms. The molecule has 1 amide bonds. The summed E-state index contributed by atoms with van der Waals surface area (Å²) in [4.78, 5) is 13.4. The maximum Gasteiger partial charge on any atom is 0.243 e. The molecule has 0 aliphatic carbocycles. The van der Waals surface area contributed by atoms with Gasteiger partial charge >= 0.3 is 0 Å². The van der Waals surface area contributed by atoms with Crippen LogP contribution in [0.25, 0.3) is 0 Å². The fourth-order valence-corrected chi connectivity index (χ4v) is 2.78. The molecule has 1 aliphatic rings. The van der Waals surface area contributed by atoms with Crippen molar-refractivity contribution in [1.82, 2.24) is 10.2 Å². The van der Waals surface area contributed by atoms with Crippen LogP contribution in [-0.4, -0.2) is 51.7 Å². The molecule has 0 spiro atoms. The van der Waals surface area contributed by atoms with Crippen LogP contribution in [0.2, 0.25) is 0 Å². The minimum Gasteiger partial charge on any atom is -0.351 e. The highest BCUT2D eigenvalue weighted by atomic mass is 32.2. The summed E-state index contributed by atoms with van der Waals surface area (Å²) in [5.41, 5.74) is -0.0940. The van der Waals surface area contributed by atoms with Crippen LogP contribution < -0.4 is 5.32 Å². The first kappa shape index (κ1) is 13.4. The molecular formula is C11H20N2O2S. The molecular weight excluding hydrogens is 224 g/mol. The van der Waals surface area contributed by atoms with E-state index in [2.05, 4.69) is 30.6 Å². The molecule has 0 atom stereocenters. The molecule has 0 unspecified atom stereocenters. The number of hydrogen-bond acceptors (Lipinski definition) is 3. The third-order valence-electron chi connectivity index (χ3n) is 2.91. The maximum absolute atomic E-state index is 11.2. The van der Waals surface area contributed by atoms with Crippen LogP contribution in [0, 0.1) is 0 Å². The fraction of sp³-hybridized carbons (Fsp3) is 0.727. The second-order valence-corrected chi connectivity index (χ2v) is 6.27. The van der Waals surface area contributed by atoms with E-state index in [-0.39, 0.29) is 11.4 Å². The Bertz CT molecular complexity index is 292. The molecule has 1 aliphatic heterocycles. The number of nitrogens with one attached hydrogen (secondary N) is 1. The summed E-state index contributed by atoms with van der Waals surface area (Å²) in [6.07, 6.45) is 1.28. The van der Waals surface area contributed by atoms with Crippen LogP contribution in [0.1, 0.15) is 13.8 Å². The number of rotatable bonds is 4. The maximum atomic E-state index is 11.2. The van der Waals surface area contributed by atoms with Crippen LogP contribution in [-0.2, 0) is 15.6 Å². The Morgan fingerprint density at radius 1 is 1.50 bits per heavy atom. The standard InChI is InChI=1S/C11H20N2O2S/c1-4-10(14)12-9-11(2,3)13-5-7-16(15)8-6-13/h4H,1,5-9H2,2-3H3,(H,12,14). The molecule has 1 rings (SSSR count). The van der Waals surface area contributed by atoms with E-state index in [1.165, 1.54) is 6.08 Å². The molecule has 1 heterocycles. The van der Waals surface area contributed by atoms with Crippen molar-refractivity contribution in [3.63, 3.8) is 0 Å². The highest BCUT2D eigenvalue weighted by Gasteiger charge is 2.29. The van der Waals surface area contributed by atoms with E-state index in [4.69, 9.17) is 0 Å². The minimum absolute atomic E-state index is 0.0940. The Kier molecular flexibility index (Phi) is 4.68. The predicted octanol–water partition coefficient (Wildman–Crippen LogP) is 0.131. The van der Waals surface area contributed by atoms with Crippen LogP contribution in [0.3, 0.4) is 0 Å².